The number of hydrogen-bond acceptors (Lipinski definition) is 2. The number of amides is 1. The molecule has 1 aliphatic heterocycles. The standard InChI is InChI=1S/C9H8Cl2N2O/c10-6-1-2-12-8(3-6)13-5-7(11)4-9(13)14/h1-3,7H,4-5H2. The maximum Gasteiger partial charge on any atom is 0.229 e. The quantitative estimate of drug-likeness (QED) is 0.693. The van der Waals surface area contributed by atoms with Crippen LogP contribution in [0.5, 0.6) is 0 Å². The molecule has 1 fully saturated rings. The Hall–Kier alpha value is -0.800. The Bertz CT molecular complexity index is 370. The van der Waals surface area contributed by atoms with Gasteiger partial charge >= 0.3 is 0 Å². The Labute approximate surface area is 91.6 Å². The number of rotatable bonds is 1. The van der Waals surface area contributed by atoms with Crippen LogP contribution >= 0.6 is 23.2 Å². The third-order valence-electron chi connectivity index (χ3n) is 2.06. The molecule has 2 heterocycles. The van der Waals surface area contributed by atoms with Gasteiger partial charge in [0, 0.05) is 24.2 Å². The lowest BCUT2D eigenvalue weighted by molar-refractivity contribution is -0.117. The van der Waals surface area contributed by atoms with Gasteiger partial charge in [0.05, 0.1) is 5.38 Å². The molecule has 0 saturated carbocycles. The second kappa shape index (κ2) is 3.75. The van der Waals surface area contributed by atoms with Crippen LogP contribution in [0, 0.1) is 0 Å². The molecule has 0 radical (unpaired) electrons. The Balaban J connectivity index is 2.27. The summed E-state index contributed by atoms with van der Waals surface area (Å²) in [5, 5.41) is 0.448. The summed E-state index contributed by atoms with van der Waals surface area (Å²) in [5.74, 6) is 0.574. The molecule has 5 heteroatoms. The number of alkyl halides is 1. The van der Waals surface area contributed by atoms with E-state index in [1.54, 1.807) is 23.2 Å². The summed E-state index contributed by atoms with van der Waals surface area (Å²) in [5.41, 5.74) is 0. The zero-order valence-corrected chi connectivity index (χ0v) is 8.79. The minimum absolute atomic E-state index is 0.000216. The van der Waals surface area contributed by atoms with Crippen molar-refractivity contribution < 1.29 is 4.79 Å². The minimum atomic E-state index is -0.122. The Morgan fingerprint density at radius 2 is 2.36 bits per heavy atom. The molecule has 0 spiro atoms. The van der Waals surface area contributed by atoms with E-state index in [4.69, 9.17) is 23.2 Å². The smallest absolute Gasteiger partial charge is 0.229 e. The summed E-state index contributed by atoms with van der Waals surface area (Å²) in [4.78, 5) is 17.1. The maximum absolute atomic E-state index is 11.5. The highest BCUT2D eigenvalue weighted by Crippen LogP contribution is 2.24. The van der Waals surface area contributed by atoms with Crippen molar-refractivity contribution in [3.63, 3.8) is 0 Å². The fourth-order valence-electron chi connectivity index (χ4n) is 1.43. The lowest BCUT2D eigenvalue weighted by atomic mass is 10.4. The molecule has 74 valence electrons. The lowest BCUT2D eigenvalue weighted by Gasteiger charge is -2.14. The van der Waals surface area contributed by atoms with E-state index < -0.39 is 0 Å². The topological polar surface area (TPSA) is 33.2 Å². The van der Waals surface area contributed by atoms with Crippen LogP contribution in [0.25, 0.3) is 0 Å². The fourth-order valence-corrected chi connectivity index (χ4v) is 1.85. The number of anilines is 1. The predicted molar refractivity (Wildman–Crippen MR) is 55.9 cm³/mol. The van der Waals surface area contributed by atoms with Crippen LogP contribution in [0.1, 0.15) is 6.42 Å². The maximum atomic E-state index is 11.5. The van der Waals surface area contributed by atoms with E-state index in [0.717, 1.165) is 0 Å². The van der Waals surface area contributed by atoms with Gasteiger partial charge < -0.3 is 0 Å². The Kier molecular flexibility index (Phi) is 2.61. The summed E-state index contributed by atoms with van der Waals surface area (Å²) in [6.07, 6.45) is 1.95. The third-order valence-corrected chi connectivity index (χ3v) is 2.59. The van der Waals surface area contributed by atoms with E-state index in [9.17, 15) is 4.79 Å². The number of carbonyl (C=O) groups is 1. The number of aromatic nitrogens is 1. The van der Waals surface area contributed by atoms with E-state index in [-0.39, 0.29) is 11.3 Å². The SMILES string of the molecule is O=C1CC(Cl)CN1c1cc(Cl)ccn1. The molecule has 0 aliphatic carbocycles. The van der Waals surface area contributed by atoms with Gasteiger partial charge in [-0.05, 0) is 12.1 Å². The van der Waals surface area contributed by atoms with Crippen LogP contribution in [0.4, 0.5) is 5.82 Å². The van der Waals surface area contributed by atoms with Gasteiger partial charge in [0.15, 0.2) is 0 Å². The van der Waals surface area contributed by atoms with Crippen LogP contribution in [0.2, 0.25) is 5.02 Å². The van der Waals surface area contributed by atoms with Crippen LogP contribution in [-0.2, 0) is 4.79 Å². The number of pyridine rings is 1. The lowest BCUT2D eigenvalue weighted by Crippen LogP contribution is -2.25. The zero-order valence-electron chi connectivity index (χ0n) is 7.28. The number of hydrogen-bond donors (Lipinski definition) is 0. The summed E-state index contributed by atoms with van der Waals surface area (Å²) in [6.45, 7) is 0.508. The van der Waals surface area contributed by atoms with Crippen molar-refractivity contribution in [3.8, 4) is 0 Å². The van der Waals surface area contributed by atoms with Crippen molar-refractivity contribution in [1.82, 2.24) is 4.98 Å². The molecule has 1 aromatic heterocycles. The van der Waals surface area contributed by atoms with Crippen molar-refractivity contribution in [2.24, 2.45) is 0 Å². The summed E-state index contributed by atoms with van der Waals surface area (Å²) in [7, 11) is 0. The molecule has 1 aliphatic rings. The Morgan fingerprint density at radius 3 is 2.93 bits per heavy atom. The van der Waals surface area contributed by atoms with Crippen molar-refractivity contribution in [1.29, 1.82) is 0 Å². The first kappa shape index (κ1) is 9.74. The van der Waals surface area contributed by atoms with Gasteiger partial charge in [-0.25, -0.2) is 4.98 Å². The second-order valence-corrected chi connectivity index (χ2v) is 4.19. The highest BCUT2D eigenvalue weighted by Gasteiger charge is 2.29. The van der Waals surface area contributed by atoms with E-state index in [1.165, 1.54) is 0 Å². The minimum Gasteiger partial charge on any atom is -0.295 e. The highest BCUT2D eigenvalue weighted by molar-refractivity contribution is 6.31. The predicted octanol–water partition coefficient (Wildman–Crippen LogP) is 2.08. The van der Waals surface area contributed by atoms with Gasteiger partial charge in [0.2, 0.25) is 5.91 Å². The first-order valence-electron chi connectivity index (χ1n) is 4.23. The molecular weight excluding hydrogens is 223 g/mol. The molecule has 3 nitrogen and oxygen atoms in total. The molecule has 14 heavy (non-hydrogen) atoms. The molecular formula is C9H8Cl2N2O. The van der Waals surface area contributed by atoms with Crippen LogP contribution in [0.3, 0.4) is 0 Å². The van der Waals surface area contributed by atoms with E-state index >= 15 is 0 Å². The van der Waals surface area contributed by atoms with Crippen LogP contribution < -0.4 is 4.90 Å². The molecule has 1 unspecified atom stereocenters. The second-order valence-electron chi connectivity index (χ2n) is 3.14. The van der Waals surface area contributed by atoms with Crippen molar-refractivity contribution in [2.45, 2.75) is 11.8 Å². The van der Waals surface area contributed by atoms with Gasteiger partial charge in [0.25, 0.3) is 0 Å². The van der Waals surface area contributed by atoms with Crippen molar-refractivity contribution >= 4 is 34.9 Å². The molecule has 1 saturated heterocycles. The summed E-state index contributed by atoms with van der Waals surface area (Å²) >= 11 is 11.7. The number of carbonyl (C=O) groups excluding carboxylic acids is 1. The first-order chi connectivity index (χ1) is 6.66. The number of nitrogens with zero attached hydrogens (tertiary/aromatic N) is 2. The van der Waals surface area contributed by atoms with E-state index in [0.29, 0.717) is 23.8 Å². The summed E-state index contributed by atoms with van der Waals surface area (Å²) < 4.78 is 0. The molecule has 1 aromatic rings. The molecule has 0 aromatic carbocycles. The van der Waals surface area contributed by atoms with Gasteiger partial charge in [-0.3, -0.25) is 9.69 Å². The average Bonchev–Trinajstić information content (AvgIpc) is 2.45. The van der Waals surface area contributed by atoms with E-state index in [2.05, 4.69) is 4.98 Å². The monoisotopic (exact) mass is 230 g/mol. The van der Waals surface area contributed by atoms with Gasteiger partial charge in [-0.2, -0.15) is 0 Å². The fraction of sp³-hybridized carbons (Fsp3) is 0.333. The zero-order chi connectivity index (χ0) is 10.1. The van der Waals surface area contributed by atoms with Gasteiger partial charge in [-0.15, -0.1) is 11.6 Å². The molecule has 1 atom stereocenters. The van der Waals surface area contributed by atoms with Gasteiger partial charge in [0.1, 0.15) is 5.82 Å². The van der Waals surface area contributed by atoms with E-state index in [1.807, 2.05) is 0 Å². The van der Waals surface area contributed by atoms with Crippen LogP contribution in [-0.4, -0.2) is 22.8 Å². The van der Waals surface area contributed by atoms with Crippen molar-refractivity contribution in [2.75, 3.05) is 11.4 Å². The number of halogens is 2. The summed E-state index contributed by atoms with van der Waals surface area (Å²) in [6, 6.07) is 3.33. The molecule has 0 bridgehead atoms. The largest absolute Gasteiger partial charge is 0.295 e. The van der Waals surface area contributed by atoms with Crippen LogP contribution in [0.15, 0.2) is 18.3 Å². The molecule has 2 rings (SSSR count). The Morgan fingerprint density at radius 1 is 1.57 bits per heavy atom. The molecule has 0 N–H and O–H groups in total. The molecule has 1 amide bonds. The normalized spacial score (nSPS) is 21.7. The average molecular weight is 231 g/mol. The van der Waals surface area contributed by atoms with Gasteiger partial charge in [-0.1, -0.05) is 11.6 Å². The third kappa shape index (κ3) is 1.83. The first-order valence-corrected chi connectivity index (χ1v) is 5.04. The van der Waals surface area contributed by atoms with Crippen molar-refractivity contribution in [3.05, 3.63) is 23.4 Å². The highest BCUT2D eigenvalue weighted by atomic mass is 35.5.